The van der Waals surface area contributed by atoms with Crippen molar-refractivity contribution < 1.29 is 14.3 Å². The lowest BCUT2D eigenvalue weighted by atomic mass is 9.91. The van der Waals surface area contributed by atoms with E-state index in [9.17, 15) is 9.59 Å². The summed E-state index contributed by atoms with van der Waals surface area (Å²) in [6.45, 7) is 4.33. The molecule has 1 saturated heterocycles. The largest absolute Gasteiger partial charge is 0.476 e. The number of carbonyl (C=O) groups excluding carboxylic acids is 2. The van der Waals surface area contributed by atoms with E-state index in [-0.39, 0.29) is 18.4 Å². The van der Waals surface area contributed by atoms with Crippen LogP contribution in [0.5, 0.6) is 0 Å². The van der Waals surface area contributed by atoms with Crippen LogP contribution in [0.4, 0.5) is 0 Å². The van der Waals surface area contributed by atoms with Crippen molar-refractivity contribution in [1.82, 2.24) is 14.8 Å². The summed E-state index contributed by atoms with van der Waals surface area (Å²) in [6.07, 6.45) is 3.26. The van der Waals surface area contributed by atoms with Crippen LogP contribution >= 0.6 is 11.6 Å². The third kappa shape index (κ3) is 3.92. The van der Waals surface area contributed by atoms with Gasteiger partial charge in [-0.15, -0.1) is 0 Å². The van der Waals surface area contributed by atoms with Gasteiger partial charge in [-0.05, 0) is 55.7 Å². The lowest BCUT2D eigenvalue weighted by Crippen LogP contribution is -2.52. The average molecular weight is 498 g/mol. The molecule has 7 heteroatoms. The molecule has 0 radical (unpaired) electrons. The number of aromatic nitrogens is 1. The van der Waals surface area contributed by atoms with Gasteiger partial charge in [0.25, 0.3) is 11.8 Å². The molecule has 1 unspecified atom stereocenters. The number of benzene rings is 2. The molecule has 6 nitrogen and oxygen atoms in total. The van der Waals surface area contributed by atoms with E-state index in [1.165, 1.54) is 0 Å². The molecular formula is C29H24ClN3O3. The molecule has 2 amide bonds. The van der Waals surface area contributed by atoms with Crippen LogP contribution in [-0.4, -0.2) is 46.3 Å². The van der Waals surface area contributed by atoms with Crippen LogP contribution in [-0.2, 0) is 15.2 Å². The summed E-state index contributed by atoms with van der Waals surface area (Å²) in [4.78, 5) is 34.8. The van der Waals surface area contributed by atoms with Crippen LogP contribution in [0.1, 0.15) is 40.9 Å². The maximum absolute atomic E-state index is 13.7. The zero-order valence-corrected chi connectivity index (χ0v) is 20.7. The Morgan fingerprint density at radius 1 is 1.08 bits per heavy atom. The molecule has 36 heavy (non-hydrogen) atoms. The van der Waals surface area contributed by atoms with Gasteiger partial charge in [0.15, 0.2) is 18.0 Å². The first-order valence-electron chi connectivity index (χ1n) is 11.6. The van der Waals surface area contributed by atoms with Crippen molar-refractivity contribution in [2.75, 3.05) is 19.7 Å². The number of ether oxygens (including phenoxy) is 1. The summed E-state index contributed by atoms with van der Waals surface area (Å²) in [6, 6.07) is 18.5. The number of halogens is 1. The summed E-state index contributed by atoms with van der Waals surface area (Å²) in [5.41, 5.74) is 2.60. The highest BCUT2D eigenvalue weighted by Gasteiger charge is 2.59. The van der Waals surface area contributed by atoms with Crippen molar-refractivity contribution in [3.05, 3.63) is 112 Å². The molecule has 180 valence electrons. The number of carbonyl (C=O) groups is 2. The number of amides is 2. The van der Waals surface area contributed by atoms with Gasteiger partial charge in [0.1, 0.15) is 0 Å². The molecule has 3 heterocycles. The second-order valence-electron chi connectivity index (χ2n) is 8.84. The minimum atomic E-state index is -1.10. The Balaban J connectivity index is 1.48. The Bertz CT molecular complexity index is 1420. The highest BCUT2D eigenvalue weighted by Crippen LogP contribution is 2.49. The van der Waals surface area contributed by atoms with E-state index in [1.807, 2.05) is 56.3 Å². The molecule has 0 aliphatic carbocycles. The van der Waals surface area contributed by atoms with Gasteiger partial charge in [-0.2, -0.15) is 0 Å². The van der Waals surface area contributed by atoms with Gasteiger partial charge in [-0.1, -0.05) is 47.9 Å². The first kappa shape index (κ1) is 23.7. The molecular weight excluding hydrogens is 474 g/mol. The molecule has 5 rings (SSSR count). The van der Waals surface area contributed by atoms with Gasteiger partial charge in [0, 0.05) is 47.2 Å². The average Bonchev–Trinajstić information content (AvgIpc) is 3.40. The number of nitrogens with zero attached hydrogens (tertiary/aromatic N) is 3. The van der Waals surface area contributed by atoms with E-state index in [1.54, 1.807) is 40.4 Å². The number of hydrogen-bond donors (Lipinski definition) is 0. The van der Waals surface area contributed by atoms with Gasteiger partial charge in [0.05, 0.1) is 5.56 Å². The van der Waals surface area contributed by atoms with Crippen LogP contribution in [0.15, 0.2) is 84.4 Å². The minimum Gasteiger partial charge on any atom is -0.476 e. The van der Waals surface area contributed by atoms with Crippen molar-refractivity contribution in [2.24, 2.45) is 0 Å². The SMILES string of the molecule is CC(C)=C(C#Cc1ccccc1)OCC(=O)N1CCN2C(=O)c3ccncc3C12c1ccc(Cl)cc1. The Kier molecular flexibility index (Phi) is 6.26. The molecule has 1 fully saturated rings. The Hall–Kier alpha value is -4.08. The first-order valence-corrected chi connectivity index (χ1v) is 12.0. The van der Waals surface area contributed by atoms with E-state index >= 15 is 0 Å². The van der Waals surface area contributed by atoms with Crippen LogP contribution in [0.2, 0.25) is 5.02 Å². The van der Waals surface area contributed by atoms with Gasteiger partial charge >= 0.3 is 0 Å². The van der Waals surface area contributed by atoms with E-state index in [2.05, 4.69) is 16.8 Å². The summed E-state index contributed by atoms with van der Waals surface area (Å²) >= 11 is 6.16. The smallest absolute Gasteiger partial charge is 0.262 e. The Morgan fingerprint density at radius 3 is 2.56 bits per heavy atom. The van der Waals surface area contributed by atoms with Crippen molar-refractivity contribution in [3.8, 4) is 11.8 Å². The second kappa shape index (κ2) is 9.52. The molecule has 2 aromatic carbocycles. The fourth-order valence-electron chi connectivity index (χ4n) is 4.84. The highest BCUT2D eigenvalue weighted by molar-refractivity contribution is 6.30. The summed E-state index contributed by atoms with van der Waals surface area (Å²) in [5, 5.41) is 0.571. The molecule has 0 N–H and O–H groups in total. The fraction of sp³-hybridized carbons (Fsp3) is 0.207. The molecule has 0 saturated carbocycles. The zero-order chi connectivity index (χ0) is 25.3. The lowest BCUT2D eigenvalue weighted by molar-refractivity contribution is -0.140. The van der Waals surface area contributed by atoms with E-state index in [4.69, 9.17) is 16.3 Å². The predicted octanol–water partition coefficient (Wildman–Crippen LogP) is 4.60. The zero-order valence-electron chi connectivity index (χ0n) is 20.0. The van der Waals surface area contributed by atoms with Crippen molar-refractivity contribution in [2.45, 2.75) is 19.5 Å². The van der Waals surface area contributed by atoms with E-state index in [0.717, 1.165) is 16.7 Å². The van der Waals surface area contributed by atoms with Gasteiger partial charge in [-0.3, -0.25) is 14.6 Å². The molecule has 2 aliphatic rings. The van der Waals surface area contributed by atoms with Crippen LogP contribution in [0, 0.1) is 11.8 Å². The van der Waals surface area contributed by atoms with Crippen LogP contribution in [0.25, 0.3) is 0 Å². The maximum atomic E-state index is 13.7. The van der Waals surface area contributed by atoms with Crippen molar-refractivity contribution in [1.29, 1.82) is 0 Å². The quantitative estimate of drug-likeness (QED) is 0.390. The molecule has 0 spiro atoms. The number of fused-ring (bicyclic) bond motifs is 3. The van der Waals surface area contributed by atoms with E-state index < -0.39 is 5.66 Å². The van der Waals surface area contributed by atoms with Gasteiger partial charge in [0.2, 0.25) is 0 Å². The second-order valence-corrected chi connectivity index (χ2v) is 9.27. The van der Waals surface area contributed by atoms with Crippen LogP contribution in [0.3, 0.4) is 0 Å². The van der Waals surface area contributed by atoms with Gasteiger partial charge < -0.3 is 14.5 Å². The fourth-order valence-corrected chi connectivity index (χ4v) is 4.96. The van der Waals surface area contributed by atoms with Crippen molar-refractivity contribution >= 4 is 23.4 Å². The van der Waals surface area contributed by atoms with Gasteiger partial charge in [-0.25, -0.2) is 0 Å². The number of rotatable bonds is 4. The standard InChI is InChI=1S/C29H24ClN3O3/c1-20(2)26(13-8-21-6-4-3-5-7-21)36-19-27(34)32-16-17-33-28(35)24-14-15-31-18-25(24)29(32,33)22-9-11-23(30)12-10-22/h3-7,9-12,14-15,18H,16-17,19H2,1-2H3. The Labute approximate surface area is 215 Å². The van der Waals surface area contributed by atoms with Crippen LogP contribution < -0.4 is 0 Å². The first-order chi connectivity index (χ1) is 17.4. The minimum absolute atomic E-state index is 0.128. The number of allylic oxidation sites excluding steroid dienone is 2. The molecule has 0 bridgehead atoms. The third-order valence-electron chi connectivity index (χ3n) is 6.44. The topological polar surface area (TPSA) is 62.7 Å². The molecule has 1 atom stereocenters. The summed E-state index contributed by atoms with van der Waals surface area (Å²) < 4.78 is 5.94. The van der Waals surface area contributed by atoms with Crippen molar-refractivity contribution in [3.63, 3.8) is 0 Å². The summed E-state index contributed by atoms with van der Waals surface area (Å²) in [7, 11) is 0. The van der Waals surface area contributed by atoms with E-state index in [0.29, 0.717) is 35.0 Å². The normalized spacial score (nSPS) is 17.7. The summed E-state index contributed by atoms with van der Waals surface area (Å²) in [5.74, 6) is 6.20. The Morgan fingerprint density at radius 2 is 1.83 bits per heavy atom. The number of pyridine rings is 1. The predicted molar refractivity (Wildman–Crippen MR) is 137 cm³/mol. The lowest BCUT2D eigenvalue weighted by Gasteiger charge is -2.40. The third-order valence-corrected chi connectivity index (χ3v) is 6.69. The number of hydrogen-bond acceptors (Lipinski definition) is 4. The molecule has 3 aromatic rings. The maximum Gasteiger partial charge on any atom is 0.262 e. The molecule has 1 aromatic heterocycles. The highest BCUT2D eigenvalue weighted by atomic mass is 35.5. The molecule has 2 aliphatic heterocycles. The monoisotopic (exact) mass is 497 g/mol.